The van der Waals surface area contributed by atoms with E-state index in [9.17, 15) is 4.79 Å². The van der Waals surface area contributed by atoms with Crippen molar-refractivity contribution in [2.75, 3.05) is 18.7 Å². The molecule has 1 aliphatic heterocycles. The van der Waals surface area contributed by atoms with Crippen LogP contribution in [0.2, 0.25) is 0 Å². The van der Waals surface area contributed by atoms with Gasteiger partial charge in [-0.3, -0.25) is 9.69 Å². The smallest absolute Gasteiger partial charge is 0.238 e. The minimum atomic E-state index is -0.0431. The summed E-state index contributed by atoms with van der Waals surface area (Å²) in [6, 6.07) is 15.9. The van der Waals surface area contributed by atoms with Crippen LogP contribution in [0.3, 0.4) is 0 Å². The summed E-state index contributed by atoms with van der Waals surface area (Å²) in [7, 11) is 0. The number of carbonyl (C=O) groups is 1. The molecule has 24 heavy (non-hydrogen) atoms. The summed E-state index contributed by atoms with van der Waals surface area (Å²) < 4.78 is 10.6. The number of hydrogen-bond donors (Lipinski definition) is 1. The number of benzene rings is 2. The fraction of sp³-hybridized carbons (Fsp3) is 0.316. The number of anilines is 1. The van der Waals surface area contributed by atoms with Gasteiger partial charge in [0.2, 0.25) is 12.7 Å². The maximum atomic E-state index is 12.4. The van der Waals surface area contributed by atoms with E-state index in [1.165, 1.54) is 5.56 Å². The van der Waals surface area contributed by atoms with Crippen LogP contribution in [0.15, 0.2) is 48.5 Å². The maximum Gasteiger partial charge on any atom is 0.238 e. The van der Waals surface area contributed by atoms with E-state index < -0.39 is 0 Å². The molecule has 2 aromatic carbocycles. The van der Waals surface area contributed by atoms with Gasteiger partial charge in [-0.2, -0.15) is 0 Å². The van der Waals surface area contributed by atoms with Crippen LogP contribution in [-0.4, -0.2) is 30.2 Å². The summed E-state index contributed by atoms with van der Waals surface area (Å²) in [5, 5.41) is 2.93. The third-order valence-electron chi connectivity index (χ3n) is 3.96. The van der Waals surface area contributed by atoms with Crippen molar-refractivity contribution in [3.63, 3.8) is 0 Å². The Labute approximate surface area is 142 Å². The van der Waals surface area contributed by atoms with E-state index in [0.29, 0.717) is 23.7 Å². The largest absolute Gasteiger partial charge is 0.454 e. The zero-order valence-electron chi connectivity index (χ0n) is 14.0. The molecular formula is C19H22N2O3. The van der Waals surface area contributed by atoms with Crippen molar-refractivity contribution in [1.29, 1.82) is 0 Å². The first kappa shape index (κ1) is 16.3. The van der Waals surface area contributed by atoms with E-state index in [-0.39, 0.29) is 18.7 Å². The van der Waals surface area contributed by atoms with Crippen LogP contribution in [0.4, 0.5) is 5.69 Å². The van der Waals surface area contributed by atoms with Gasteiger partial charge in [0, 0.05) is 24.3 Å². The lowest BCUT2D eigenvalue weighted by molar-refractivity contribution is -0.117. The Balaban J connectivity index is 1.61. The van der Waals surface area contributed by atoms with E-state index in [0.717, 1.165) is 6.54 Å². The molecule has 1 N–H and O–H groups in total. The van der Waals surface area contributed by atoms with Crippen molar-refractivity contribution >= 4 is 11.6 Å². The Bertz CT molecular complexity index is 701. The number of hydrogen-bond acceptors (Lipinski definition) is 4. The summed E-state index contributed by atoms with van der Waals surface area (Å²) in [6.07, 6.45) is 0. The highest BCUT2D eigenvalue weighted by atomic mass is 16.7. The first-order valence-electron chi connectivity index (χ1n) is 8.09. The fourth-order valence-corrected chi connectivity index (χ4v) is 2.60. The SMILES string of the molecule is CC(C)N(CC(=O)Nc1ccc2c(c1)OCO2)Cc1ccccc1. The number of nitrogens with zero attached hydrogens (tertiary/aromatic N) is 1. The Morgan fingerprint density at radius 2 is 1.88 bits per heavy atom. The van der Waals surface area contributed by atoms with Gasteiger partial charge < -0.3 is 14.8 Å². The molecule has 5 heteroatoms. The van der Waals surface area contributed by atoms with Gasteiger partial charge in [-0.1, -0.05) is 30.3 Å². The number of fused-ring (bicyclic) bond motifs is 1. The number of nitrogens with one attached hydrogen (secondary N) is 1. The number of amides is 1. The van der Waals surface area contributed by atoms with Gasteiger partial charge in [0.05, 0.1) is 6.54 Å². The number of carbonyl (C=O) groups excluding carboxylic acids is 1. The van der Waals surface area contributed by atoms with Crippen molar-refractivity contribution < 1.29 is 14.3 Å². The summed E-state index contributed by atoms with van der Waals surface area (Å²) in [6.45, 7) is 5.49. The average Bonchev–Trinajstić information content (AvgIpc) is 3.02. The van der Waals surface area contributed by atoms with Gasteiger partial charge >= 0.3 is 0 Å². The van der Waals surface area contributed by atoms with Gasteiger partial charge in [-0.15, -0.1) is 0 Å². The van der Waals surface area contributed by atoms with Crippen LogP contribution >= 0.6 is 0 Å². The Kier molecular flexibility index (Phi) is 5.01. The third-order valence-corrected chi connectivity index (χ3v) is 3.96. The zero-order valence-corrected chi connectivity index (χ0v) is 14.0. The Morgan fingerprint density at radius 1 is 1.12 bits per heavy atom. The number of ether oxygens (including phenoxy) is 2. The van der Waals surface area contributed by atoms with Crippen LogP contribution in [0.25, 0.3) is 0 Å². The molecule has 126 valence electrons. The second-order valence-electron chi connectivity index (χ2n) is 6.10. The molecule has 2 aromatic rings. The minimum Gasteiger partial charge on any atom is -0.454 e. The van der Waals surface area contributed by atoms with E-state index in [2.05, 4.69) is 36.2 Å². The predicted molar refractivity (Wildman–Crippen MR) is 93.2 cm³/mol. The van der Waals surface area contributed by atoms with E-state index in [1.807, 2.05) is 30.3 Å². The maximum absolute atomic E-state index is 12.4. The first-order valence-corrected chi connectivity index (χ1v) is 8.09. The standard InChI is InChI=1S/C19H22N2O3/c1-14(2)21(11-15-6-4-3-5-7-15)12-19(22)20-16-8-9-17-18(10-16)24-13-23-17/h3-10,14H,11-13H2,1-2H3,(H,20,22). The van der Waals surface area contributed by atoms with Gasteiger partial charge in [0.15, 0.2) is 11.5 Å². The van der Waals surface area contributed by atoms with Crippen LogP contribution in [0, 0.1) is 0 Å². The molecule has 0 aromatic heterocycles. The highest BCUT2D eigenvalue weighted by Crippen LogP contribution is 2.34. The fourth-order valence-electron chi connectivity index (χ4n) is 2.60. The molecule has 0 bridgehead atoms. The molecule has 0 fully saturated rings. The van der Waals surface area contributed by atoms with Crippen LogP contribution < -0.4 is 14.8 Å². The Hall–Kier alpha value is -2.53. The minimum absolute atomic E-state index is 0.0431. The second-order valence-corrected chi connectivity index (χ2v) is 6.10. The van der Waals surface area contributed by atoms with Crippen molar-refractivity contribution in [1.82, 2.24) is 4.90 Å². The van der Waals surface area contributed by atoms with Crippen LogP contribution in [0.5, 0.6) is 11.5 Å². The molecule has 0 aliphatic carbocycles. The molecule has 1 aliphatic rings. The molecule has 0 spiro atoms. The van der Waals surface area contributed by atoms with Gasteiger partial charge in [0.25, 0.3) is 0 Å². The molecule has 0 saturated heterocycles. The highest BCUT2D eigenvalue weighted by Gasteiger charge is 2.17. The van der Waals surface area contributed by atoms with Crippen molar-refractivity contribution in [3.8, 4) is 11.5 Å². The molecule has 0 unspecified atom stereocenters. The molecular weight excluding hydrogens is 304 g/mol. The topological polar surface area (TPSA) is 50.8 Å². The lowest BCUT2D eigenvalue weighted by Gasteiger charge is -2.26. The summed E-state index contributed by atoms with van der Waals surface area (Å²) in [5.74, 6) is 1.33. The van der Waals surface area contributed by atoms with Crippen molar-refractivity contribution in [2.45, 2.75) is 26.4 Å². The summed E-state index contributed by atoms with van der Waals surface area (Å²) in [5.41, 5.74) is 1.91. The predicted octanol–water partition coefficient (Wildman–Crippen LogP) is 3.26. The van der Waals surface area contributed by atoms with E-state index >= 15 is 0 Å². The lowest BCUT2D eigenvalue weighted by atomic mass is 10.2. The highest BCUT2D eigenvalue weighted by molar-refractivity contribution is 5.92. The van der Waals surface area contributed by atoms with Crippen LogP contribution in [-0.2, 0) is 11.3 Å². The number of rotatable bonds is 6. The zero-order chi connectivity index (χ0) is 16.9. The average molecular weight is 326 g/mol. The van der Waals surface area contributed by atoms with Gasteiger partial charge in [-0.05, 0) is 31.5 Å². The van der Waals surface area contributed by atoms with E-state index in [4.69, 9.17) is 9.47 Å². The molecule has 5 nitrogen and oxygen atoms in total. The lowest BCUT2D eigenvalue weighted by Crippen LogP contribution is -2.37. The summed E-state index contributed by atoms with van der Waals surface area (Å²) >= 11 is 0. The van der Waals surface area contributed by atoms with Gasteiger partial charge in [0.1, 0.15) is 0 Å². The third kappa shape index (κ3) is 4.06. The summed E-state index contributed by atoms with van der Waals surface area (Å²) in [4.78, 5) is 14.5. The molecule has 0 saturated carbocycles. The van der Waals surface area contributed by atoms with Crippen molar-refractivity contribution in [2.24, 2.45) is 0 Å². The molecule has 3 rings (SSSR count). The normalized spacial score (nSPS) is 12.7. The molecule has 1 heterocycles. The molecule has 0 atom stereocenters. The van der Waals surface area contributed by atoms with E-state index in [1.54, 1.807) is 6.07 Å². The second kappa shape index (κ2) is 7.36. The first-order chi connectivity index (χ1) is 11.6. The Morgan fingerprint density at radius 3 is 2.62 bits per heavy atom. The monoisotopic (exact) mass is 326 g/mol. The van der Waals surface area contributed by atoms with Crippen molar-refractivity contribution in [3.05, 3.63) is 54.1 Å². The van der Waals surface area contributed by atoms with Gasteiger partial charge in [-0.25, -0.2) is 0 Å². The van der Waals surface area contributed by atoms with Crippen LogP contribution in [0.1, 0.15) is 19.4 Å². The molecule has 0 radical (unpaired) electrons. The quantitative estimate of drug-likeness (QED) is 0.885. The molecule has 1 amide bonds.